The number of nitro groups is 1. The highest BCUT2D eigenvalue weighted by molar-refractivity contribution is 7.91. The van der Waals surface area contributed by atoms with Crippen LogP contribution in [0.4, 0.5) is 15.8 Å². The average molecular weight is 302 g/mol. The molecule has 1 N–H and O–H groups in total. The molecule has 0 spiro atoms. The molecular weight excluding hydrogens is 287 g/mol. The highest BCUT2D eigenvalue weighted by Crippen LogP contribution is 2.23. The fraction of sp³-hybridized carbons (Fsp3) is 0.500. The van der Waals surface area contributed by atoms with Gasteiger partial charge >= 0.3 is 0 Å². The van der Waals surface area contributed by atoms with Crippen LogP contribution in [-0.4, -0.2) is 31.4 Å². The molecule has 1 aromatic rings. The zero-order valence-corrected chi connectivity index (χ0v) is 11.5. The second-order valence-electron chi connectivity index (χ2n) is 4.90. The summed E-state index contributed by atoms with van der Waals surface area (Å²) < 4.78 is 36.2. The van der Waals surface area contributed by atoms with Gasteiger partial charge in [-0.3, -0.25) is 10.1 Å². The topological polar surface area (TPSA) is 89.3 Å². The Labute approximate surface area is 116 Å². The maximum atomic E-state index is 13.6. The molecule has 0 amide bonds. The summed E-state index contributed by atoms with van der Waals surface area (Å²) in [5.74, 6) is -0.166. The van der Waals surface area contributed by atoms with E-state index < -0.39 is 20.6 Å². The van der Waals surface area contributed by atoms with Gasteiger partial charge in [-0.1, -0.05) is 0 Å². The second kappa shape index (κ2) is 5.74. The quantitative estimate of drug-likeness (QED) is 0.678. The number of non-ortho nitro benzene ring substituents is 1. The van der Waals surface area contributed by atoms with Crippen LogP contribution in [-0.2, 0) is 9.84 Å². The van der Waals surface area contributed by atoms with E-state index in [9.17, 15) is 22.9 Å². The molecule has 1 aromatic carbocycles. The van der Waals surface area contributed by atoms with E-state index in [0.29, 0.717) is 19.4 Å². The van der Waals surface area contributed by atoms with Crippen LogP contribution >= 0.6 is 0 Å². The predicted octanol–water partition coefficient (Wildman–Crippen LogP) is 1.97. The number of nitro benzene ring substituents is 1. The number of anilines is 1. The lowest BCUT2D eigenvalue weighted by Gasteiger charge is -2.22. The highest BCUT2D eigenvalue weighted by Gasteiger charge is 2.23. The summed E-state index contributed by atoms with van der Waals surface area (Å²) >= 11 is 0. The first kappa shape index (κ1) is 14.7. The Hall–Kier alpha value is -1.70. The molecule has 2 rings (SSSR count). The minimum absolute atomic E-state index is 0.169. The third-order valence-electron chi connectivity index (χ3n) is 3.42. The molecule has 1 fully saturated rings. The number of nitrogens with one attached hydrogen (secondary N) is 1. The molecule has 6 nitrogen and oxygen atoms in total. The average Bonchev–Trinajstić information content (AvgIpc) is 2.38. The molecule has 1 aliphatic rings. The predicted molar refractivity (Wildman–Crippen MR) is 72.9 cm³/mol. The Morgan fingerprint density at radius 2 is 2.00 bits per heavy atom. The number of halogens is 1. The zero-order chi connectivity index (χ0) is 14.8. The van der Waals surface area contributed by atoms with Gasteiger partial charge in [-0.2, -0.15) is 0 Å². The van der Waals surface area contributed by atoms with Gasteiger partial charge in [-0.15, -0.1) is 0 Å². The molecule has 0 radical (unpaired) electrons. The van der Waals surface area contributed by atoms with Crippen molar-refractivity contribution in [2.75, 3.05) is 23.4 Å². The van der Waals surface area contributed by atoms with Gasteiger partial charge in [-0.05, 0) is 24.8 Å². The standard InChI is InChI=1S/C12H15FN2O4S/c13-11-7-10(15(16)17)1-2-12(11)14-8-9-3-5-20(18,19)6-4-9/h1-2,7,9,14H,3-6,8H2. The largest absolute Gasteiger partial charge is 0.382 e. The summed E-state index contributed by atoms with van der Waals surface area (Å²) in [6.45, 7) is 0.463. The number of rotatable bonds is 4. The monoisotopic (exact) mass is 302 g/mol. The van der Waals surface area contributed by atoms with E-state index in [2.05, 4.69) is 5.32 Å². The van der Waals surface area contributed by atoms with Crippen LogP contribution in [0, 0.1) is 21.8 Å². The normalized spacial score (nSPS) is 18.6. The Morgan fingerprint density at radius 1 is 1.35 bits per heavy atom. The number of nitrogens with zero attached hydrogens (tertiary/aromatic N) is 1. The van der Waals surface area contributed by atoms with Gasteiger partial charge < -0.3 is 5.32 Å². The van der Waals surface area contributed by atoms with E-state index in [-0.39, 0.29) is 28.8 Å². The molecule has 20 heavy (non-hydrogen) atoms. The molecular formula is C12H15FN2O4S. The van der Waals surface area contributed by atoms with Crippen molar-refractivity contribution >= 4 is 21.2 Å². The summed E-state index contributed by atoms with van der Waals surface area (Å²) in [6.07, 6.45) is 1.12. The van der Waals surface area contributed by atoms with Gasteiger partial charge in [0.15, 0.2) is 5.82 Å². The van der Waals surface area contributed by atoms with Gasteiger partial charge in [0.25, 0.3) is 5.69 Å². The van der Waals surface area contributed by atoms with Crippen molar-refractivity contribution in [3.05, 3.63) is 34.1 Å². The lowest BCUT2D eigenvalue weighted by atomic mass is 10.0. The fourth-order valence-corrected chi connectivity index (χ4v) is 3.75. The first-order chi connectivity index (χ1) is 9.37. The molecule has 0 aliphatic carbocycles. The maximum Gasteiger partial charge on any atom is 0.272 e. The molecule has 0 atom stereocenters. The Kier molecular flexibility index (Phi) is 4.22. The Bertz CT molecular complexity index is 604. The van der Waals surface area contributed by atoms with Crippen molar-refractivity contribution in [1.82, 2.24) is 0 Å². The molecule has 1 aliphatic heterocycles. The number of benzene rings is 1. The van der Waals surface area contributed by atoms with E-state index in [0.717, 1.165) is 6.07 Å². The van der Waals surface area contributed by atoms with Crippen LogP contribution in [0.25, 0.3) is 0 Å². The van der Waals surface area contributed by atoms with E-state index in [1.165, 1.54) is 12.1 Å². The third kappa shape index (κ3) is 3.66. The maximum absolute atomic E-state index is 13.6. The molecule has 1 heterocycles. The lowest BCUT2D eigenvalue weighted by Crippen LogP contribution is -2.27. The van der Waals surface area contributed by atoms with E-state index >= 15 is 0 Å². The minimum atomic E-state index is -2.90. The van der Waals surface area contributed by atoms with Crippen molar-refractivity contribution in [1.29, 1.82) is 0 Å². The second-order valence-corrected chi connectivity index (χ2v) is 7.20. The van der Waals surface area contributed by atoms with E-state index in [4.69, 9.17) is 0 Å². The van der Waals surface area contributed by atoms with Crippen molar-refractivity contribution < 1.29 is 17.7 Å². The first-order valence-electron chi connectivity index (χ1n) is 6.25. The molecule has 0 bridgehead atoms. The zero-order valence-electron chi connectivity index (χ0n) is 10.7. The van der Waals surface area contributed by atoms with Crippen molar-refractivity contribution in [2.24, 2.45) is 5.92 Å². The summed E-state index contributed by atoms with van der Waals surface area (Å²) in [4.78, 5) is 9.84. The molecule has 0 aromatic heterocycles. The van der Waals surface area contributed by atoms with Gasteiger partial charge in [0.1, 0.15) is 9.84 Å². The SMILES string of the molecule is O=[N+]([O-])c1ccc(NCC2CCS(=O)(=O)CC2)c(F)c1. The van der Waals surface area contributed by atoms with Gasteiger partial charge in [0.05, 0.1) is 28.2 Å². The van der Waals surface area contributed by atoms with Crippen LogP contribution in [0.5, 0.6) is 0 Å². The van der Waals surface area contributed by atoms with Crippen LogP contribution in [0.15, 0.2) is 18.2 Å². The van der Waals surface area contributed by atoms with Crippen LogP contribution < -0.4 is 5.32 Å². The van der Waals surface area contributed by atoms with Crippen LogP contribution in [0.1, 0.15) is 12.8 Å². The minimum Gasteiger partial charge on any atom is -0.382 e. The Morgan fingerprint density at radius 3 is 2.55 bits per heavy atom. The summed E-state index contributed by atoms with van der Waals surface area (Å²) in [5, 5.41) is 13.4. The fourth-order valence-electron chi connectivity index (χ4n) is 2.16. The molecule has 1 saturated heterocycles. The highest BCUT2D eigenvalue weighted by atomic mass is 32.2. The molecule has 110 valence electrons. The molecule has 0 saturated carbocycles. The summed E-state index contributed by atoms with van der Waals surface area (Å²) in [6, 6.07) is 3.43. The van der Waals surface area contributed by atoms with E-state index in [1.54, 1.807) is 0 Å². The van der Waals surface area contributed by atoms with Crippen molar-refractivity contribution in [2.45, 2.75) is 12.8 Å². The smallest absolute Gasteiger partial charge is 0.272 e. The molecule has 8 heteroatoms. The molecule has 0 unspecified atom stereocenters. The van der Waals surface area contributed by atoms with Crippen molar-refractivity contribution in [3.8, 4) is 0 Å². The van der Waals surface area contributed by atoms with Crippen molar-refractivity contribution in [3.63, 3.8) is 0 Å². The van der Waals surface area contributed by atoms with E-state index in [1.807, 2.05) is 0 Å². The van der Waals surface area contributed by atoms with Crippen LogP contribution in [0.3, 0.4) is 0 Å². The summed E-state index contributed by atoms with van der Waals surface area (Å²) in [5.41, 5.74) is -0.0964. The number of hydrogen-bond donors (Lipinski definition) is 1. The van der Waals surface area contributed by atoms with Gasteiger partial charge in [0, 0.05) is 12.6 Å². The summed E-state index contributed by atoms with van der Waals surface area (Å²) in [7, 11) is -2.90. The van der Waals surface area contributed by atoms with Gasteiger partial charge in [-0.25, -0.2) is 12.8 Å². The Balaban J connectivity index is 1.93. The number of sulfone groups is 1. The lowest BCUT2D eigenvalue weighted by molar-refractivity contribution is -0.385. The number of hydrogen-bond acceptors (Lipinski definition) is 5. The van der Waals surface area contributed by atoms with Gasteiger partial charge in [0.2, 0.25) is 0 Å². The van der Waals surface area contributed by atoms with Crippen LogP contribution in [0.2, 0.25) is 0 Å². The third-order valence-corrected chi connectivity index (χ3v) is 5.13. The first-order valence-corrected chi connectivity index (χ1v) is 8.08.